The third-order valence-corrected chi connectivity index (χ3v) is 6.37. The molecule has 26 heavy (non-hydrogen) atoms. The van der Waals surface area contributed by atoms with Crippen molar-refractivity contribution in [3.05, 3.63) is 36.1 Å². The van der Waals surface area contributed by atoms with Gasteiger partial charge < -0.3 is 14.8 Å². The minimum atomic E-state index is -3.19. The van der Waals surface area contributed by atoms with Gasteiger partial charge in [0.15, 0.2) is 9.84 Å². The van der Waals surface area contributed by atoms with E-state index in [0.29, 0.717) is 10.8 Å². The van der Waals surface area contributed by atoms with Crippen LogP contribution in [0.1, 0.15) is 24.8 Å². The van der Waals surface area contributed by atoms with Crippen molar-refractivity contribution in [3.63, 3.8) is 0 Å². The second kappa shape index (κ2) is 7.04. The number of benzene rings is 1. The maximum atomic E-state index is 11.6. The first kappa shape index (κ1) is 17.5. The van der Waals surface area contributed by atoms with E-state index in [1.165, 1.54) is 6.26 Å². The van der Waals surface area contributed by atoms with Crippen molar-refractivity contribution in [2.75, 3.05) is 26.0 Å². The van der Waals surface area contributed by atoms with Crippen LogP contribution in [0.25, 0.3) is 5.57 Å². The van der Waals surface area contributed by atoms with Gasteiger partial charge in [0.2, 0.25) is 0 Å². The molecule has 0 amide bonds. The minimum absolute atomic E-state index is 0.0615. The molecule has 0 aromatic heterocycles. The molecular weight excluding hydrogens is 352 g/mol. The fourth-order valence-corrected chi connectivity index (χ4v) is 4.31. The summed E-state index contributed by atoms with van der Waals surface area (Å²) in [4.78, 5) is 5.09. The van der Waals surface area contributed by atoms with E-state index in [1.54, 1.807) is 18.4 Å². The van der Waals surface area contributed by atoms with Crippen LogP contribution >= 0.6 is 0 Å². The Labute approximate surface area is 154 Å². The maximum absolute atomic E-state index is 11.6. The molecule has 3 aliphatic rings. The first-order chi connectivity index (χ1) is 12.5. The molecule has 0 bridgehead atoms. The predicted molar refractivity (Wildman–Crippen MR) is 99.8 cm³/mol. The average Bonchev–Trinajstić information content (AvgIpc) is 3.28. The second-order valence-corrected chi connectivity index (χ2v) is 9.24. The fourth-order valence-electron chi connectivity index (χ4n) is 3.68. The summed E-state index contributed by atoms with van der Waals surface area (Å²) in [5, 5.41) is 3.53. The van der Waals surface area contributed by atoms with Gasteiger partial charge in [-0.1, -0.05) is 12.1 Å². The van der Waals surface area contributed by atoms with Crippen LogP contribution in [0.5, 0.6) is 0 Å². The second-order valence-electron chi connectivity index (χ2n) is 7.22. The average molecular weight is 376 g/mol. The molecule has 3 heterocycles. The van der Waals surface area contributed by atoms with Gasteiger partial charge in [-0.15, -0.1) is 0 Å². The third kappa shape index (κ3) is 3.64. The topological polar surface area (TPSA) is 77.0 Å². The number of nitrogens with one attached hydrogen (secondary N) is 1. The predicted octanol–water partition coefficient (Wildman–Crippen LogP) is 2.02. The zero-order valence-electron chi connectivity index (χ0n) is 14.8. The van der Waals surface area contributed by atoms with E-state index < -0.39 is 9.84 Å². The van der Waals surface area contributed by atoms with E-state index in [4.69, 9.17) is 14.5 Å². The minimum Gasteiger partial charge on any atom is -0.495 e. The van der Waals surface area contributed by atoms with Crippen molar-refractivity contribution >= 4 is 21.2 Å². The number of sulfone groups is 1. The number of ether oxygens (including phenoxy) is 2. The number of hydrogen-bond acceptors (Lipinski definition) is 5. The van der Waals surface area contributed by atoms with Crippen molar-refractivity contribution in [1.29, 1.82) is 0 Å². The van der Waals surface area contributed by atoms with E-state index in [9.17, 15) is 8.42 Å². The molecule has 2 fully saturated rings. The number of piperidine rings is 1. The van der Waals surface area contributed by atoms with Gasteiger partial charge in [0.25, 0.3) is 0 Å². The molecule has 0 spiro atoms. The molecule has 7 heteroatoms. The van der Waals surface area contributed by atoms with Gasteiger partial charge in [-0.2, -0.15) is 0 Å². The van der Waals surface area contributed by atoms with Gasteiger partial charge in [0, 0.05) is 37.3 Å². The standard InChI is InChI=1S/C19H24N2O4S/c1-26(22,23)15-4-2-14(3-5-15)16-12-25-17-6-7-18(21-19(16)17)20-10-13-8-9-24-11-13/h2-5,12-13,17,19H,6-11H2,1H3,(H,20,21). The smallest absolute Gasteiger partial charge is 0.175 e. The van der Waals surface area contributed by atoms with Crippen LogP contribution < -0.4 is 5.32 Å². The molecule has 0 saturated carbocycles. The van der Waals surface area contributed by atoms with Gasteiger partial charge in [-0.3, -0.25) is 4.99 Å². The van der Waals surface area contributed by atoms with Crippen LogP contribution in [0.15, 0.2) is 40.4 Å². The third-order valence-electron chi connectivity index (χ3n) is 5.24. The Morgan fingerprint density at radius 2 is 2.04 bits per heavy atom. The molecule has 0 aliphatic carbocycles. The zero-order chi connectivity index (χ0) is 18.1. The SMILES string of the molecule is CS(=O)(=O)c1ccc(C2=COC3CCC(=NCC4CCOC4)NC23)cc1. The Kier molecular flexibility index (Phi) is 4.75. The van der Waals surface area contributed by atoms with E-state index in [1.807, 2.05) is 12.1 Å². The summed E-state index contributed by atoms with van der Waals surface area (Å²) in [7, 11) is -3.19. The Bertz CT molecular complexity index is 824. The Morgan fingerprint density at radius 1 is 1.23 bits per heavy atom. The summed E-state index contributed by atoms with van der Waals surface area (Å²) in [5.41, 5.74) is 2.02. The maximum Gasteiger partial charge on any atom is 0.175 e. The molecular formula is C19H24N2O4S. The molecule has 1 aromatic carbocycles. The summed E-state index contributed by atoms with van der Waals surface area (Å²) >= 11 is 0. The fraction of sp³-hybridized carbons (Fsp3) is 0.526. The lowest BCUT2D eigenvalue weighted by Gasteiger charge is -2.29. The van der Waals surface area contributed by atoms with Gasteiger partial charge in [0.05, 0.1) is 29.6 Å². The van der Waals surface area contributed by atoms with Crippen LogP contribution in [-0.4, -0.2) is 52.4 Å². The van der Waals surface area contributed by atoms with Crippen LogP contribution in [0.2, 0.25) is 0 Å². The summed E-state index contributed by atoms with van der Waals surface area (Å²) in [6.45, 7) is 2.46. The molecule has 3 unspecified atom stereocenters. The van der Waals surface area contributed by atoms with Crippen molar-refractivity contribution in [1.82, 2.24) is 5.32 Å². The number of amidine groups is 1. The van der Waals surface area contributed by atoms with Crippen LogP contribution in [0, 0.1) is 5.92 Å². The van der Waals surface area contributed by atoms with Gasteiger partial charge in [-0.05, 0) is 30.5 Å². The molecule has 140 valence electrons. The first-order valence-electron chi connectivity index (χ1n) is 9.04. The van der Waals surface area contributed by atoms with Crippen molar-refractivity contribution in [3.8, 4) is 0 Å². The molecule has 3 atom stereocenters. The van der Waals surface area contributed by atoms with Gasteiger partial charge in [0.1, 0.15) is 6.10 Å². The summed E-state index contributed by atoms with van der Waals surface area (Å²) in [5.74, 6) is 1.56. The highest BCUT2D eigenvalue weighted by Crippen LogP contribution is 2.33. The number of aliphatic imine (C=N–C) groups is 1. The Morgan fingerprint density at radius 3 is 2.73 bits per heavy atom. The van der Waals surface area contributed by atoms with Crippen LogP contribution in [-0.2, 0) is 19.3 Å². The number of nitrogens with zero attached hydrogens (tertiary/aromatic N) is 1. The lowest BCUT2D eigenvalue weighted by Crippen LogP contribution is -2.47. The quantitative estimate of drug-likeness (QED) is 0.870. The van der Waals surface area contributed by atoms with E-state index in [0.717, 1.165) is 56.0 Å². The number of hydrogen-bond donors (Lipinski definition) is 1. The zero-order valence-corrected chi connectivity index (χ0v) is 15.7. The highest BCUT2D eigenvalue weighted by Gasteiger charge is 2.36. The van der Waals surface area contributed by atoms with E-state index in [2.05, 4.69) is 5.32 Å². The Balaban J connectivity index is 1.47. The first-order valence-corrected chi connectivity index (χ1v) is 10.9. The van der Waals surface area contributed by atoms with E-state index >= 15 is 0 Å². The molecule has 1 N–H and O–H groups in total. The summed E-state index contributed by atoms with van der Waals surface area (Å²) < 4.78 is 34.5. The van der Waals surface area contributed by atoms with Crippen LogP contribution in [0.4, 0.5) is 0 Å². The van der Waals surface area contributed by atoms with Gasteiger partial charge in [-0.25, -0.2) is 8.42 Å². The van der Waals surface area contributed by atoms with E-state index in [-0.39, 0.29) is 12.1 Å². The normalized spacial score (nSPS) is 29.8. The number of fused-ring (bicyclic) bond motifs is 1. The molecule has 4 rings (SSSR count). The summed E-state index contributed by atoms with van der Waals surface area (Å²) in [6.07, 6.45) is 6.03. The highest BCUT2D eigenvalue weighted by atomic mass is 32.2. The van der Waals surface area contributed by atoms with Crippen molar-refractivity contribution < 1.29 is 17.9 Å². The van der Waals surface area contributed by atoms with Gasteiger partial charge >= 0.3 is 0 Å². The summed E-state index contributed by atoms with van der Waals surface area (Å²) in [6, 6.07) is 7.05. The lowest BCUT2D eigenvalue weighted by molar-refractivity contribution is 0.138. The van der Waals surface area contributed by atoms with Crippen molar-refractivity contribution in [2.45, 2.75) is 36.3 Å². The van der Waals surface area contributed by atoms with Crippen LogP contribution in [0.3, 0.4) is 0 Å². The molecule has 2 saturated heterocycles. The monoisotopic (exact) mass is 376 g/mol. The number of rotatable bonds is 4. The largest absolute Gasteiger partial charge is 0.495 e. The Hall–Kier alpha value is -1.86. The molecule has 0 radical (unpaired) electrons. The van der Waals surface area contributed by atoms with Crippen molar-refractivity contribution in [2.24, 2.45) is 10.9 Å². The molecule has 1 aromatic rings. The molecule has 6 nitrogen and oxygen atoms in total. The molecule has 3 aliphatic heterocycles. The lowest BCUT2D eigenvalue weighted by atomic mass is 9.92. The highest BCUT2D eigenvalue weighted by molar-refractivity contribution is 7.90.